The van der Waals surface area contributed by atoms with E-state index in [1.165, 1.54) is 28.2 Å². The molecule has 4 nitrogen and oxygen atoms in total. The summed E-state index contributed by atoms with van der Waals surface area (Å²) in [4.78, 5) is 7.51. The van der Waals surface area contributed by atoms with Crippen LogP contribution in [0, 0.1) is 12.3 Å². The number of hydrogen-bond acceptors (Lipinski definition) is 3. The summed E-state index contributed by atoms with van der Waals surface area (Å²) in [5.74, 6) is 0.704. The number of para-hydroxylation sites is 1. The zero-order valence-corrected chi connectivity index (χ0v) is 15.8. The summed E-state index contributed by atoms with van der Waals surface area (Å²) < 4.78 is 7.70. The van der Waals surface area contributed by atoms with E-state index >= 15 is 0 Å². The summed E-state index contributed by atoms with van der Waals surface area (Å²) >= 11 is 0. The molecule has 130 valence electrons. The average molecular weight is 335 g/mol. The van der Waals surface area contributed by atoms with Crippen molar-refractivity contribution in [2.75, 3.05) is 4.90 Å². The normalized spacial score (nSPS) is 25.8. The predicted molar refractivity (Wildman–Crippen MR) is 99.0 cm³/mol. The van der Waals surface area contributed by atoms with Crippen molar-refractivity contribution in [1.82, 2.24) is 9.38 Å². The number of fused-ring (bicyclic) bond motifs is 7. The highest BCUT2D eigenvalue weighted by Crippen LogP contribution is 2.64. The molecule has 2 aromatic heterocycles. The molecule has 5 rings (SSSR count). The highest BCUT2D eigenvalue weighted by Gasteiger charge is 2.63. The van der Waals surface area contributed by atoms with E-state index in [1.807, 2.05) is 6.20 Å². The molecular weight excluding hydrogens is 310 g/mol. The predicted octanol–water partition coefficient (Wildman–Crippen LogP) is 4.79. The van der Waals surface area contributed by atoms with Gasteiger partial charge >= 0.3 is 5.84 Å². The Morgan fingerprint density at radius 3 is 2.64 bits per heavy atom. The molecule has 25 heavy (non-hydrogen) atoms. The highest BCUT2D eigenvalue weighted by atomic mass is 16.3. The molecule has 0 aliphatic carbocycles. The van der Waals surface area contributed by atoms with Crippen LogP contribution >= 0.6 is 0 Å². The van der Waals surface area contributed by atoms with Crippen LogP contribution in [0.5, 0.6) is 0 Å². The molecule has 1 unspecified atom stereocenters. The molecule has 0 spiro atoms. The van der Waals surface area contributed by atoms with Gasteiger partial charge in [-0.1, -0.05) is 45.9 Å². The van der Waals surface area contributed by atoms with Gasteiger partial charge in [-0.2, -0.15) is 4.98 Å². The molecule has 4 heteroatoms. The van der Waals surface area contributed by atoms with Crippen molar-refractivity contribution in [2.24, 2.45) is 5.41 Å². The zero-order valence-electron chi connectivity index (χ0n) is 15.8. The molecule has 0 saturated carbocycles. The van der Waals surface area contributed by atoms with Crippen LogP contribution in [0.3, 0.4) is 0 Å². The maximum atomic E-state index is 5.59. The minimum atomic E-state index is -0.181. The summed E-state index contributed by atoms with van der Waals surface area (Å²) in [7, 11) is 0. The maximum Gasteiger partial charge on any atom is 0.306 e. The Balaban J connectivity index is 1.90. The summed E-state index contributed by atoms with van der Waals surface area (Å²) in [5.41, 5.74) is 6.41. The number of oxazole rings is 1. The number of anilines is 1. The molecule has 1 atom stereocenters. The van der Waals surface area contributed by atoms with E-state index in [4.69, 9.17) is 9.40 Å². The molecule has 2 aliphatic heterocycles. The second-order valence-electron chi connectivity index (χ2n) is 8.84. The zero-order chi connectivity index (χ0) is 17.8. The van der Waals surface area contributed by atoms with Crippen LogP contribution in [0.25, 0.3) is 5.84 Å². The minimum absolute atomic E-state index is 0.00852. The Bertz CT molecular complexity index is 1020. The SMILES string of the molecule is Cc1cccc2c1N1Cc3c(nc4occn34)C1(C)C(C)(C)C2(C)C. The van der Waals surface area contributed by atoms with Crippen molar-refractivity contribution < 1.29 is 4.42 Å². The van der Waals surface area contributed by atoms with Gasteiger partial charge in [0.25, 0.3) is 0 Å². The summed E-state index contributed by atoms with van der Waals surface area (Å²) in [6.45, 7) is 15.0. The number of imidazole rings is 1. The van der Waals surface area contributed by atoms with Crippen LogP contribution in [0.15, 0.2) is 35.1 Å². The number of benzene rings is 1. The third-order valence-corrected chi connectivity index (χ3v) is 7.63. The Hall–Kier alpha value is -2.23. The fourth-order valence-corrected chi connectivity index (χ4v) is 5.21. The molecule has 0 saturated heterocycles. The number of aromatic nitrogens is 2. The van der Waals surface area contributed by atoms with Gasteiger partial charge in [0.05, 0.1) is 23.5 Å². The number of aryl methyl sites for hydroxylation is 1. The van der Waals surface area contributed by atoms with E-state index in [0.717, 1.165) is 6.54 Å². The molecule has 0 fully saturated rings. The van der Waals surface area contributed by atoms with Gasteiger partial charge in [-0.15, -0.1) is 0 Å². The molecule has 3 aromatic rings. The van der Waals surface area contributed by atoms with E-state index in [-0.39, 0.29) is 16.4 Å². The van der Waals surface area contributed by atoms with Crippen LogP contribution in [0.2, 0.25) is 0 Å². The van der Waals surface area contributed by atoms with Gasteiger partial charge in [0.1, 0.15) is 6.26 Å². The van der Waals surface area contributed by atoms with Crippen molar-refractivity contribution >= 4 is 11.5 Å². The van der Waals surface area contributed by atoms with Crippen molar-refractivity contribution in [3.63, 3.8) is 0 Å². The summed E-state index contributed by atoms with van der Waals surface area (Å²) in [5, 5.41) is 0. The molecule has 0 amide bonds. The van der Waals surface area contributed by atoms with E-state index in [9.17, 15) is 0 Å². The first-order valence-electron chi connectivity index (χ1n) is 9.04. The minimum Gasteiger partial charge on any atom is -0.432 e. The first-order valence-corrected chi connectivity index (χ1v) is 9.04. The van der Waals surface area contributed by atoms with E-state index in [2.05, 4.69) is 69.0 Å². The van der Waals surface area contributed by atoms with E-state index in [1.54, 1.807) is 6.26 Å². The molecule has 0 bridgehead atoms. The second-order valence-corrected chi connectivity index (χ2v) is 8.84. The van der Waals surface area contributed by atoms with Crippen LogP contribution in [0.1, 0.15) is 57.1 Å². The lowest BCUT2D eigenvalue weighted by molar-refractivity contribution is 0.0659. The van der Waals surface area contributed by atoms with Crippen molar-refractivity contribution in [3.05, 3.63) is 53.2 Å². The molecule has 2 aliphatic rings. The lowest BCUT2D eigenvalue weighted by Crippen LogP contribution is -2.61. The number of rotatable bonds is 0. The molecule has 0 N–H and O–H groups in total. The Morgan fingerprint density at radius 2 is 1.88 bits per heavy atom. The number of hydrogen-bond donors (Lipinski definition) is 0. The average Bonchev–Trinajstić information content (AvgIpc) is 3.19. The first kappa shape index (κ1) is 15.1. The smallest absolute Gasteiger partial charge is 0.306 e. The molecule has 0 radical (unpaired) electrons. The largest absolute Gasteiger partial charge is 0.432 e. The van der Waals surface area contributed by atoms with Crippen molar-refractivity contribution in [3.8, 4) is 0 Å². The molecule has 4 heterocycles. The quantitative estimate of drug-likeness (QED) is 0.592. The van der Waals surface area contributed by atoms with Gasteiger partial charge in [0.2, 0.25) is 0 Å². The fraction of sp³-hybridized carbons (Fsp3) is 0.476. The third-order valence-electron chi connectivity index (χ3n) is 7.63. The first-order chi connectivity index (χ1) is 11.7. The van der Waals surface area contributed by atoms with E-state index in [0.29, 0.717) is 5.84 Å². The van der Waals surface area contributed by atoms with Crippen molar-refractivity contribution in [1.29, 1.82) is 0 Å². The lowest BCUT2D eigenvalue weighted by Gasteiger charge is -2.61. The summed E-state index contributed by atoms with van der Waals surface area (Å²) in [6, 6.07) is 6.73. The van der Waals surface area contributed by atoms with Gasteiger partial charge < -0.3 is 9.32 Å². The Morgan fingerprint density at radius 1 is 1.12 bits per heavy atom. The number of nitrogens with zero attached hydrogens (tertiary/aromatic N) is 3. The standard InChI is InChI=1S/C21H25N3O/c1-13-8-7-9-14-16(13)24-12-15-17(22-18-23(15)10-11-25-18)21(24,6)20(4,5)19(14,2)3/h7-11H,12H2,1-6H3. The Labute approximate surface area is 148 Å². The van der Waals surface area contributed by atoms with Gasteiger partial charge in [-0.05, 0) is 30.4 Å². The van der Waals surface area contributed by atoms with Gasteiger partial charge in [0.15, 0.2) is 0 Å². The monoisotopic (exact) mass is 335 g/mol. The van der Waals surface area contributed by atoms with Crippen LogP contribution in [-0.2, 0) is 17.5 Å². The topological polar surface area (TPSA) is 33.7 Å². The fourth-order valence-electron chi connectivity index (χ4n) is 5.21. The van der Waals surface area contributed by atoms with Gasteiger partial charge in [0, 0.05) is 17.3 Å². The summed E-state index contributed by atoms with van der Waals surface area (Å²) in [6.07, 6.45) is 3.70. The second kappa shape index (κ2) is 4.12. The Kier molecular flexibility index (Phi) is 2.48. The van der Waals surface area contributed by atoms with Gasteiger partial charge in [-0.25, -0.2) is 0 Å². The molecule has 1 aromatic carbocycles. The van der Waals surface area contributed by atoms with Gasteiger partial charge in [-0.3, -0.25) is 4.40 Å². The molecular formula is C21H25N3O. The maximum absolute atomic E-state index is 5.59. The van der Waals surface area contributed by atoms with Crippen LogP contribution in [0.4, 0.5) is 5.69 Å². The third kappa shape index (κ3) is 1.41. The van der Waals surface area contributed by atoms with Crippen LogP contribution in [-0.4, -0.2) is 9.38 Å². The highest BCUT2D eigenvalue weighted by molar-refractivity contribution is 5.70. The van der Waals surface area contributed by atoms with Crippen molar-refractivity contribution in [2.45, 2.75) is 59.0 Å². The lowest BCUT2D eigenvalue weighted by atomic mass is 9.52. The van der Waals surface area contributed by atoms with E-state index < -0.39 is 0 Å². The van der Waals surface area contributed by atoms with Crippen LogP contribution < -0.4 is 4.90 Å².